The van der Waals surface area contributed by atoms with Gasteiger partial charge in [0.2, 0.25) is 5.91 Å². The molecular formula is C23H31NO4. The molecule has 1 unspecified atom stereocenters. The van der Waals surface area contributed by atoms with E-state index in [0.717, 1.165) is 30.6 Å². The van der Waals surface area contributed by atoms with Crippen molar-refractivity contribution in [2.24, 2.45) is 5.92 Å². The maximum atomic E-state index is 13.0. The second kappa shape index (κ2) is 9.76. The summed E-state index contributed by atoms with van der Waals surface area (Å²) < 4.78 is 11.6. The van der Waals surface area contributed by atoms with E-state index < -0.39 is 0 Å². The molecule has 1 aliphatic heterocycles. The second-order valence-electron chi connectivity index (χ2n) is 7.83. The van der Waals surface area contributed by atoms with Crippen LogP contribution in [0, 0.1) is 5.92 Å². The highest BCUT2D eigenvalue weighted by atomic mass is 16.5. The molecule has 0 saturated heterocycles. The van der Waals surface area contributed by atoms with Gasteiger partial charge in [0.05, 0.1) is 18.8 Å². The molecule has 5 nitrogen and oxygen atoms in total. The average Bonchev–Trinajstić information content (AvgIpc) is 2.71. The lowest BCUT2D eigenvalue weighted by Crippen LogP contribution is -2.34. The largest absolute Gasteiger partial charge is 0.493 e. The number of carbonyl (C=O) groups is 2. The van der Waals surface area contributed by atoms with Crippen LogP contribution in [0.2, 0.25) is 0 Å². The Kier molecular flexibility index (Phi) is 7.12. The van der Waals surface area contributed by atoms with Crippen molar-refractivity contribution >= 4 is 11.9 Å². The number of benzene rings is 1. The van der Waals surface area contributed by atoms with E-state index in [1.807, 2.05) is 24.3 Å². The molecule has 28 heavy (non-hydrogen) atoms. The third kappa shape index (κ3) is 4.94. The number of carbonyl (C=O) groups excluding carboxylic acids is 2. The number of ether oxygens (including phenoxy) is 2. The molecule has 1 aliphatic carbocycles. The normalized spacial score (nSPS) is 20.6. The Hall–Kier alpha value is -2.30. The van der Waals surface area contributed by atoms with Crippen LogP contribution in [0.25, 0.3) is 0 Å². The molecule has 1 heterocycles. The van der Waals surface area contributed by atoms with Crippen LogP contribution in [0.1, 0.15) is 70.3 Å². The number of hydrogen-bond acceptors (Lipinski definition) is 4. The Morgan fingerprint density at radius 3 is 2.68 bits per heavy atom. The Bertz CT molecular complexity index is 734. The molecule has 1 atom stereocenters. The summed E-state index contributed by atoms with van der Waals surface area (Å²) in [4.78, 5) is 25.2. The van der Waals surface area contributed by atoms with Crippen molar-refractivity contribution in [3.8, 4) is 5.75 Å². The molecule has 1 N–H and O–H groups in total. The Labute approximate surface area is 167 Å². The van der Waals surface area contributed by atoms with Crippen LogP contribution in [0.3, 0.4) is 0 Å². The molecule has 5 heteroatoms. The first-order valence-electron chi connectivity index (χ1n) is 10.5. The topological polar surface area (TPSA) is 64.6 Å². The number of allylic oxidation sites excluding steroid dienone is 1. The number of esters is 1. The van der Waals surface area contributed by atoms with Gasteiger partial charge in [-0.15, -0.1) is 0 Å². The number of para-hydroxylation sites is 1. The first-order chi connectivity index (χ1) is 13.6. The third-order valence-electron chi connectivity index (χ3n) is 5.62. The van der Waals surface area contributed by atoms with Crippen molar-refractivity contribution in [3.63, 3.8) is 0 Å². The quantitative estimate of drug-likeness (QED) is 0.703. The highest BCUT2D eigenvalue weighted by Crippen LogP contribution is 2.38. The SMILES string of the molecule is CCCOc1ccccc1C1CC(=O)NC(C)=C1C(=O)OCC1CCCCC1. The van der Waals surface area contributed by atoms with Crippen LogP contribution in [-0.4, -0.2) is 25.1 Å². The molecule has 0 bridgehead atoms. The van der Waals surface area contributed by atoms with Gasteiger partial charge in [-0.2, -0.15) is 0 Å². The minimum Gasteiger partial charge on any atom is -0.493 e. The first-order valence-corrected chi connectivity index (χ1v) is 10.5. The standard InChI is InChI=1S/C23H31NO4/c1-3-13-27-20-12-8-7-11-18(20)19-14-21(25)24-16(2)22(19)23(26)28-15-17-9-5-4-6-10-17/h7-8,11-12,17,19H,3-6,9-10,13-15H2,1-2H3,(H,24,25). The van der Waals surface area contributed by atoms with E-state index in [9.17, 15) is 9.59 Å². The maximum absolute atomic E-state index is 13.0. The van der Waals surface area contributed by atoms with Gasteiger partial charge in [-0.3, -0.25) is 4.79 Å². The first kappa shape index (κ1) is 20.4. The highest BCUT2D eigenvalue weighted by Gasteiger charge is 2.34. The monoisotopic (exact) mass is 385 g/mol. The molecule has 3 rings (SSSR count). The fourth-order valence-corrected chi connectivity index (χ4v) is 4.17. The Balaban J connectivity index is 1.81. The van der Waals surface area contributed by atoms with E-state index in [2.05, 4.69) is 12.2 Å². The van der Waals surface area contributed by atoms with E-state index in [4.69, 9.17) is 9.47 Å². The number of nitrogens with one attached hydrogen (secondary N) is 1. The molecule has 1 aromatic carbocycles. The number of hydrogen-bond donors (Lipinski definition) is 1. The molecule has 1 amide bonds. The van der Waals surface area contributed by atoms with E-state index in [1.165, 1.54) is 19.3 Å². The van der Waals surface area contributed by atoms with Crippen molar-refractivity contribution in [2.45, 2.75) is 64.7 Å². The molecule has 1 fully saturated rings. The average molecular weight is 386 g/mol. The lowest BCUT2D eigenvalue weighted by molar-refractivity contribution is -0.141. The predicted molar refractivity (Wildman–Crippen MR) is 108 cm³/mol. The van der Waals surface area contributed by atoms with E-state index in [1.54, 1.807) is 6.92 Å². The third-order valence-corrected chi connectivity index (χ3v) is 5.62. The van der Waals surface area contributed by atoms with Gasteiger partial charge in [0, 0.05) is 23.6 Å². The predicted octanol–water partition coefficient (Wildman–Crippen LogP) is 4.48. The van der Waals surface area contributed by atoms with Crippen LogP contribution in [0.15, 0.2) is 35.5 Å². The molecule has 0 radical (unpaired) electrons. The van der Waals surface area contributed by atoms with Crippen LogP contribution in [-0.2, 0) is 14.3 Å². The van der Waals surface area contributed by atoms with Gasteiger partial charge in [0.1, 0.15) is 5.75 Å². The van der Waals surface area contributed by atoms with E-state index >= 15 is 0 Å². The lowest BCUT2D eigenvalue weighted by atomic mass is 9.84. The number of rotatable bonds is 7. The Morgan fingerprint density at radius 1 is 1.18 bits per heavy atom. The summed E-state index contributed by atoms with van der Waals surface area (Å²) in [6, 6.07) is 7.67. The summed E-state index contributed by atoms with van der Waals surface area (Å²) in [5, 5.41) is 2.81. The van der Waals surface area contributed by atoms with Crippen LogP contribution >= 0.6 is 0 Å². The maximum Gasteiger partial charge on any atom is 0.336 e. The highest BCUT2D eigenvalue weighted by molar-refractivity contribution is 5.96. The van der Waals surface area contributed by atoms with Crippen LogP contribution in [0.4, 0.5) is 0 Å². The molecule has 2 aliphatic rings. The zero-order valence-corrected chi connectivity index (χ0v) is 17.0. The number of amides is 1. The van der Waals surface area contributed by atoms with Crippen LogP contribution in [0.5, 0.6) is 5.75 Å². The molecule has 0 aromatic heterocycles. The molecule has 1 aromatic rings. The van der Waals surface area contributed by atoms with Crippen molar-refractivity contribution in [1.29, 1.82) is 0 Å². The van der Waals surface area contributed by atoms with Gasteiger partial charge in [-0.05, 0) is 38.2 Å². The van der Waals surface area contributed by atoms with E-state index in [-0.39, 0.29) is 24.2 Å². The van der Waals surface area contributed by atoms with E-state index in [0.29, 0.717) is 30.4 Å². The summed E-state index contributed by atoms with van der Waals surface area (Å²) in [6.45, 7) is 4.88. The van der Waals surface area contributed by atoms with Gasteiger partial charge in [-0.25, -0.2) is 4.79 Å². The van der Waals surface area contributed by atoms with Gasteiger partial charge in [0.25, 0.3) is 0 Å². The minimum atomic E-state index is -0.347. The van der Waals surface area contributed by atoms with Crippen LogP contribution < -0.4 is 10.1 Å². The molecular weight excluding hydrogens is 354 g/mol. The van der Waals surface area contributed by atoms with Gasteiger partial charge in [0.15, 0.2) is 0 Å². The summed E-state index contributed by atoms with van der Waals surface area (Å²) in [5.74, 6) is 0.431. The molecule has 0 spiro atoms. The van der Waals surface area contributed by atoms with Gasteiger partial charge in [-0.1, -0.05) is 44.4 Å². The summed E-state index contributed by atoms with van der Waals surface area (Å²) >= 11 is 0. The van der Waals surface area contributed by atoms with Crippen molar-refractivity contribution < 1.29 is 19.1 Å². The van der Waals surface area contributed by atoms with Crippen molar-refractivity contribution in [3.05, 3.63) is 41.1 Å². The van der Waals surface area contributed by atoms with Crippen molar-refractivity contribution in [2.75, 3.05) is 13.2 Å². The summed E-state index contributed by atoms with van der Waals surface area (Å²) in [5.41, 5.74) is 2.00. The molecule has 1 saturated carbocycles. The summed E-state index contributed by atoms with van der Waals surface area (Å²) in [7, 11) is 0. The summed E-state index contributed by atoms with van der Waals surface area (Å²) in [6.07, 6.45) is 7.06. The smallest absolute Gasteiger partial charge is 0.336 e. The zero-order valence-electron chi connectivity index (χ0n) is 17.0. The second-order valence-corrected chi connectivity index (χ2v) is 7.83. The fraction of sp³-hybridized carbons (Fsp3) is 0.565. The van der Waals surface area contributed by atoms with Gasteiger partial charge >= 0.3 is 5.97 Å². The van der Waals surface area contributed by atoms with Crippen molar-refractivity contribution in [1.82, 2.24) is 5.32 Å². The van der Waals surface area contributed by atoms with Gasteiger partial charge < -0.3 is 14.8 Å². The minimum absolute atomic E-state index is 0.0865. The molecule has 152 valence electrons. The lowest BCUT2D eigenvalue weighted by Gasteiger charge is -2.28. The fourth-order valence-electron chi connectivity index (χ4n) is 4.17. The zero-order chi connectivity index (χ0) is 19.9. The Morgan fingerprint density at radius 2 is 1.93 bits per heavy atom.